The summed E-state index contributed by atoms with van der Waals surface area (Å²) >= 11 is 0. The average molecular weight is 350 g/mol. The molecule has 3 amide bonds. The van der Waals surface area contributed by atoms with Crippen LogP contribution in [0.15, 0.2) is 54.7 Å². The van der Waals surface area contributed by atoms with Gasteiger partial charge in [-0.05, 0) is 35.9 Å². The highest BCUT2D eigenvalue weighted by atomic mass is 16.2. The fourth-order valence-electron chi connectivity index (χ4n) is 2.60. The van der Waals surface area contributed by atoms with E-state index in [1.807, 2.05) is 24.3 Å². The van der Waals surface area contributed by atoms with Gasteiger partial charge in [0.1, 0.15) is 0 Å². The first-order valence-corrected chi connectivity index (χ1v) is 8.05. The second-order valence-corrected chi connectivity index (χ2v) is 5.80. The van der Waals surface area contributed by atoms with Gasteiger partial charge in [-0.1, -0.05) is 18.2 Å². The van der Waals surface area contributed by atoms with Crippen LogP contribution in [0.4, 0.5) is 5.69 Å². The van der Waals surface area contributed by atoms with Crippen LogP contribution in [0.3, 0.4) is 0 Å². The smallest absolute Gasteiger partial charge is 0.269 e. The fraction of sp³-hybridized carbons (Fsp3) is 0.105. The molecule has 2 aromatic carbocycles. The standard InChI is InChI=1S/C19H18N4O3/c1-12(24)21-15-8-6-13(7-9-15)19(26)23-22-18(25)10-14-11-20-17-5-3-2-4-16(14)17/h2-9,11,20H,10H2,1H3,(H,21,24)(H,22,25)(H,23,26). The molecular weight excluding hydrogens is 332 g/mol. The molecule has 0 radical (unpaired) electrons. The van der Waals surface area contributed by atoms with Crippen LogP contribution in [-0.2, 0) is 16.0 Å². The van der Waals surface area contributed by atoms with Gasteiger partial charge in [-0.25, -0.2) is 0 Å². The summed E-state index contributed by atoms with van der Waals surface area (Å²) in [6.07, 6.45) is 1.93. The molecule has 0 aliphatic carbocycles. The van der Waals surface area contributed by atoms with E-state index < -0.39 is 5.91 Å². The lowest BCUT2D eigenvalue weighted by molar-refractivity contribution is -0.121. The number of amides is 3. The SMILES string of the molecule is CC(=O)Nc1ccc(C(=O)NNC(=O)Cc2c[nH]c3ccccc23)cc1. The summed E-state index contributed by atoms with van der Waals surface area (Å²) in [5.41, 5.74) is 7.56. The number of para-hydroxylation sites is 1. The zero-order valence-electron chi connectivity index (χ0n) is 14.1. The van der Waals surface area contributed by atoms with Gasteiger partial charge in [0, 0.05) is 35.3 Å². The number of carbonyl (C=O) groups is 3. The lowest BCUT2D eigenvalue weighted by Crippen LogP contribution is -2.42. The number of hydrogen-bond acceptors (Lipinski definition) is 3. The Morgan fingerprint density at radius 1 is 0.962 bits per heavy atom. The van der Waals surface area contributed by atoms with Crippen molar-refractivity contribution >= 4 is 34.3 Å². The molecule has 0 bridgehead atoms. The summed E-state index contributed by atoms with van der Waals surface area (Å²) in [6.45, 7) is 1.41. The van der Waals surface area contributed by atoms with E-state index in [2.05, 4.69) is 21.2 Å². The molecule has 0 saturated carbocycles. The molecule has 0 unspecified atom stereocenters. The van der Waals surface area contributed by atoms with Gasteiger partial charge >= 0.3 is 0 Å². The minimum atomic E-state index is -0.438. The van der Waals surface area contributed by atoms with Crippen LogP contribution in [0, 0.1) is 0 Å². The Kier molecular flexibility index (Phi) is 4.98. The minimum absolute atomic E-state index is 0.145. The second-order valence-electron chi connectivity index (χ2n) is 5.80. The van der Waals surface area contributed by atoms with Crippen molar-refractivity contribution in [1.29, 1.82) is 0 Å². The van der Waals surface area contributed by atoms with Gasteiger partial charge in [-0.3, -0.25) is 25.2 Å². The molecule has 7 heteroatoms. The largest absolute Gasteiger partial charge is 0.361 e. The topological polar surface area (TPSA) is 103 Å². The van der Waals surface area contributed by atoms with E-state index in [1.165, 1.54) is 6.92 Å². The third-order valence-electron chi connectivity index (χ3n) is 3.81. The van der Waals surface area contributed by atoms with Gasteiger partial charge in [-0.15, -0.1) is 0 Å². The molecule has 132 valence electrons. The van der Waals surface area contributed by atoms with Crippen molar-refractivity contribution in [3.05, 3.63) is 65.9 Å². The van der Waals surface area contributed by atoms with Crippen molar-refractivity contribution in [1.82, 2.24) is 15.8 Å². The maximum Gasteiger partial charge on any atom is 0.269 e. The van der Waals surface area contributed by atoms with E-state index in [-0.39, 0.29) is 18.2 Å². The number of hydrogen-bond donors (Lipinski definition) is 4. The molecule has 1 heterocycles. The Morgan fingerprint density at radius 3 is 2.42 bits per heavy atom. The number of benzene rings is 2. The second kappa shape index (κ2) is 7.52. The quantitative estimate of drug-likeness (QED) is 0.542. The van der Waals surface area contributed by atoms with E-state index >= 15 is 0 Å². The van der Waals surface area contributed by atoms with Gasteiger partial charge < -0.3 is 10.3 Å². The number of carbonyl (C=O) groups excluding carboxylic acids is 3. The zero-order chi connectivity index (χ0) is 18.5. The summed E-state index contributed by atoms with van der Waals surface area (Å²) in [6, 6.07) is 14.0. The number of aromatic nitrogens is 1. The van der Waals surface area contributed by atoms with Gasteiger partial charge in [0.15, 0.2) is 0 Å². The molecule has 0 aliphatic heterocycles. The van der Waals surface area contributed by atoms with Crippen LogP contribution in [0.1, 0.15) is 22.8 Å². The van der Waals surface area contributed by atoms with Crippen molar-refractivity contribution in [2.24, 2.45) is 0 Å². The molecule has 26 heavy (non-hydrogen) atoms. The van der Waals surface area contributed by atoms with Crippen LogP contribution in [-0.4, -0.2) is 22.7 Å². The van der Waals surface area contributed by atoms with Crippen LogP contribution in [0.25, 0.3) is 10.9 Å². The third kappa shape index (κ3) is 4.07. The maximum absolute atomic E-state index is 12.1. The Morgan fingerprint density at radius 2 is 1.69 bits per heavy atom. The van der Waals surface area contributed by atoms with Crippen molar-refractivity contribution in [2.45, 2.75) is 13.3 Å². The minimum Gasteiger partial charge on any atom is -0.361 e. The number of anilines is 1. The summed E-state index contributed by atoms with van der Waals surface area (Å²) < 4.78 is 0. The third-order valence-corrected chi connectivity index (χ3v) is 3.81. The van der Waals surface area contributed by atoms with Crippen molar-refractivity contribution in [3.63, 3.8) is 0 Å². The molecular formula is C19H18N4O3. The molecule has 0 atom stereocenters. The first kappa shape index (κ1) is 17.2. The highest BCUT2D eigenvalue weighted by Gasteiger charge is 2.10. The first-order valence-electron chi connectivity index (χ1n) is 8.05. The van der Waals surface area contributed by atoms with E-state index in [0.717, 1.165) is 16.5 Å². The monoisotopic (exact) mass is 350 g/mol. The molecule has 4 N–H and O–H groups in total. The Bertz CT molecular complexity index is 960. The molecule has 3 aromatic rings. The van der Waals surface area contributed by atoms with E-state index in [9.17, 15) is 14.4 Å². The predicted molar refractivity (Wildman–Crippen MR) is 98.4 cm³/mol. The number of H-pyrrole nitrogens is 1. The predicted octanol–water partition coefficient (Wildman–Crippen LogP) is 2.13. The van der Waals surface area contributed by atoms with Crippen LogP contribution >= 0.6 is 0 Å². The number of nitrogens with one attached hydrogen (secondary N) is 4. The van der Waals surface area contributed by atoms with Crippen LogP contribution < -0.4 is 16.2 Å². The zero-order valence-corrected chi connectivity index (χ0v) is 14.1. The highest BCUT2D eigenvalue weighted by Crippen LogP contribution is 2.17. The molecule has 0 spiro atoms. The van der Waals surface area contributed by atoms with Crippen molar-refractivity contribution < 1.29 is 14.4 Å². The number of rotatable bonds is 4. The molecule has 0 saturated heterocycles. The molecule has 3 rings (SSSR count). The van der Waals surface area contributed by atoms with Gasteiger partial charge in [0.2, 0.25) is 11.8 Å². The Balaban J connectivity index is 1.55. The normalized spacial score (nSPS) is 10.3. The van der Waals surface area contributed by atoms with Crippen molar-refractivity contribution in [2.75, 3.05) is 5.32 Å². The number of hydrazine groups is 1. The van der Waals surface area contributed by atoms with Crippen LogP contribution in [0.2, 0.25) is 0 Å². The molecule has 0 fully saturated rings. The lowest BCUT2D eigenvalue weighted by Gasteiger charge is -2.08. The summed E-state index contributed by atoms with van der Waals surface area (Å²) in [5, 5.41) is 3.59. The van der Waals surface area contributed by atoms with E-state index in [1.54, 1.807) is 30.5 Å². The number of fused-ring (bicyclic) bond motifs is 1. The van der Waals surface area contributed by atoms with Crippen molar-refractivity contribution in [3.8, 4) is 0 Å². The van der Waals surface area contributed by atoms with E-state index in [4.69, 9.17) is 0 Å². The summed E-state index contributed by atoms with van der Waals surface area (Å²) in [5.74, 6) is -0.948. The summed E-state index contributed by atoms with van der Waals surface area (Å²) in [7, 11) is 0. The lowest BCUT2D eigenvalue weighted by atomic mass is 10.1. The van der Waals surface area contributed by atoms with Gasteiger partial charge in [0.25, 0.3) is 5.91 Å². The highest BCUT2D eigenvalue weighted by molar-refractivity contribution is 5.97. The molecule has 7 nitrogen and oxygen atoms in total. The van der Waals surface area contributed by atoms with E-state index in [0.29, 0.717) is 11.3 Å². The fourth-order valence-corrected chi connectivity index (χ4v) is 2.60. The van der Waals surface area contributed by atoms with Gasteiger partial charge in [-0.2, -0.15) is 0 Å². The molecule has 1 aromatic heterocycles. The average Bonchev–Trinajstić information content (AvgIpc) is 3.03. The Hall–Kier alpha value is -3.61. The molecule has 0 aliphatic rings. The maximum atomic E-state index is 12.1. The summed E-state index contributed by atoms with van der Waals surface area (Å²) in [4.78, 5) is 38.2. The Labute approximate surface area is 149 Å². The van der Waals surface area contributed by atoms with Crippen LogP contribution in [0.5, 0.6) is 0 Å². The van der Waals surface area contributed by atoms with Gasteiger partial charge in [0.05, 0.1) is 6.42 Å². The first-order chi connectivity index (χ1) is 12.5. The number of aromatic amines is 1.